The maximum atomic E-state index is 3.82. The van der Waals surface area contributed by atoms with Crippen molar-refractivity contribution >= 4 is 31.1 Å². The molecule has 0 aromatic rings. The zero-order chi connectivity index (χ0) is 5.91. The standard InChI is InChI=1S/C6H13Si.ClH.Mg/c1-5-7(3,4)6-2;;/h5H,1-2,6H2,3-4H3;1H;/q-1;;+2/p-1. The van der Waals surface area contributed by atoms with E-state index in [1.807, 2.05) is 0 Å². The summed E-state index contributed by atoms with van der Waals surface area (Å²) in [4.78, 5) is 0. The van der Waals surface area contributed by atoms with Crippen LogP contribution in [0.3, 0.4) is 0 Å². The van der Waals surface area contributed by atoms with Gasteiger partial charge in [-0.05, 0) is 0 Å². The van der Waals surface area contributed by atoms with Crippen LogP contribution in [0.2, 0.25) is 19.1 Å². The maximum absolute atomic E-state index is 3.82. The van der Waals surface area contributed by atoms with Crippen LogP contribution in [0.5, 0.6) is 0 Å². The Morgan fingerprint density at radius 3 is 1.89 bits per heavy atom. The van der Waals surface area contributed by atoms with E-state index in [2.05, 4.69) is 32.3 Å². The summed E-state index contributed by atoms with van der Waals surface area (Å²) in [5.41, 5.74) is 2.07. The molecule has 50 valence electrons. The van der Waals surface area contributed by atoms with Crippen LogP contribution in [0.15, 0.2) is 12.3 Å². The fourth-order valence-corrected chi connectivity index (χ4v) is 0.306. The first-order valence-corrected chi connectivity index (χ1v) is 5.83. The third-order valence-corrected chi connectivity index (χ3v) is 3.59. The molecule has 0 fully saturated rings. The zero-order valence-corrected chi connectivity index (χ0v) is 9.45. The molecule has 0 saturated heterocycles. The second kappa shape index (κ2) is 7.12. The van der Waals surface area contributed by atoms with Crippen molar-refractivity contribution in [2.24, 2.45) is 0 Å². The molecule has 0 atom stereocenters. The van der Waals surface area contributed by atoms with E-state index in [4.69, 9.17) is 0 Å². The van der Waals surface area contributed by atoms with E-state index in [1.54, 1.807) is 0 Å². The average molecular weight is 173 g/mol. The van der Waals surface area contributed by atoms with Crippen molar-refractivity contribution in [1.29, 1.82) is 0 Å². The van der Waals surface area contributed by atoms with Crippen molar-refractivity contribution in [1.82, 2.24) is 0 Å². The van der Waals surface area contributed by atoms with Crippen LogP contribution >= 0.6 is 0 Å². The molecule has 0 N–H and O–H groups in total. The Hall–Kier alpha value is 1.01. The minimum atomic E-state index is -0.998. The van der Waals surface area contributed by atoms with Gasteiger partial charge in [-0.25, -0.2) is 0 Å². The van der Waals surface area contributed by atoms with E-state index in [0.29, 0.717) is 0 Å². The predicted molar refractivity (Wildman–Crippen MR) is 43.6 cm³/mol. The van der Waals surface area contributed by atoms with Crippen molar-refractivity contribution in [2.75, 3.05) is 0 Å². The molecular formula is C6H13ClMgSi. The van der Waals surface area contributed by atoms with Crippen molar-refractivity contribution in [3.05, 3.63) is 19.2 Å². The summed E-state index contributed by atoms with van der Waals surface area (Å²) in [7, 11) is -0.998. The molecule has 0 rings (SSSR count). The number of rotatable bonds is 2. The fourth-order valence-electron chi connectivity index (χ4n) is 0.102. The van der Waals surface area contributed by atoms with E-state index < -0.39 is 8.07 Å². The molecule has 0 unspecified atom stereocenters. The largest absolute Gasteiger partial charge is 2.00 e. The maximum Gasteiger partial charge on any atom is 2.00 e. The smallest absolute Gasteiger partial charge is 1.00 e. The Labute approximate surface area is 81.7 Å². The molecule has 3 heteroatoms. The third-order valence-electron chi connectivity index (χ3n) is 1.20. The normalized spacial score (nSPS) is 8.78. The van der Waals surface area contributed by atoms with Gasteiger partial charge >= 0.3 is 23.1 Å². The summed E-state index contributed by atoms with van der Waals surface area (Å²) in [5, 5.41) is 0. The van der Waals surface area contributed by atoms with Crippen molar-refractivity contribution in [3.63, 3.8) is 0 Å². The Bertz CT molecular complexity index is 73.5. The second-order valence-electron chi connectivity index (χ2n) is 2.44. The molecule has 0 aliphatic carbocycles. The van der Waals surface area contributed by atoms with Gasteiger partial charge < -0.3 is 19.3 Å². The van der Waals surface area contributed by atoms with E-state index in [0.717, 1.165) is 6.04 Å². The molecule has 0 saturated carbocycles. The zero-order valence-electron chi connectivity index (χ0n) is 6.28. The number of halogens is 1. The molecule has 0 amide bonds. The van der Waals surface area contributed by atoms with Crippen molar-refractivity contribution in [2.45, 2.75) is 19.1 Å². The number of hydrogen-bond donors (Lipinski definition) is 0. The SMILES string of the molecule is C=C[Si](C)(C)C[CH2-].[Cl-].[Mg+2]. The molecule has 0 heterocycles. The summed E-state index contributed by atoms with van der Waals surface area (Å²) >= 11 is 0. The predicted octanol–water partition coefficient (Wildman–Crippen LogP) is -1.12. The summed E-state index contributed by atoms with van der Waals surface area (Å²) in [6, 6.07) is 1.07. The molecule has 0 aromatic heterocycles. The van der Waals surface area contributed by atoms with Gasteiger partial charge in [0, 0.05) is 8.07 Å². The molecular weight excluding hydrogens is 160 g/mol. The van der Waals surface area contributed by atoms with Gasteiger partial charge in [-0.15, -0.1) is 12.3 Å². The van der Waals surface area contributed by atoms with Crippen LogP contribution in [-0.4, -0.2) is 31.1 Å². The minimum absolute atomic E-state index is 0. The van der Waals surface area contributed by atoms with Crippen molar-refractivity contribution in [3.8, 4) is 0 Å². The van der Waals surface area contributed by atoms with Crippen LogP contribution in [0.4, 0.5) is 0 Å². The van der Waals surface area contributed by atoms with Gasteiger partial charge in [0.05, 0.1) is 0 Å². The van der Waals surface area contributed by atoms with Crippen LogP contribution < -0.4 is 12.4 Å². The molecule has 0 aliphatic heterocycles. The van der Waals surface area contributed by atoms with Gasteiger partial charge in [0.15, 0.2) is 0 Å². The minimum Gasteiger partial charge on any atom is -1.00 e. The quantitative estimate of drug-likeness (QED) is 0.366. The fraction of sp³-hybridized carbons (Fsp3) is 0.500. The summed E-state index contributed by atoms with van der Waals surface area (Å²) < 4.78 is 0. The molecule has 0 aliphatic rings. The van der Waals surface area contributed by atoms with Gasteiger partial charge in [0.1, 0.15) is 0 Å². The van der Waals surface area contributed by atoms with Crippen LogP contribution in [0.25, 0.3) is 0 Å². The number of hydrogen-bond acceptors (Lipinski definition) is 0. The Balaban J connectivity index is -0.000000180. The summed E-state index contributed by atoms with van der Waals surface area (Å²) in [5.74, 6) is 0. The summed E-state index contributed by atoms with van der Waals surface area (Å²) in [6.07, 6.45) is 0. The first-order valence-electron chi connectivity index (χ1n) is 2.55. The second-order valence-corrected chi connectivity index (χ2v) is 7.33. The van der Waals surface area contributed by atoms with Crippen LogP contribution in [-0.2, 0) is 0 Å². The van der Waals surface area contributed by atoms with E-state index in [-0.39, 0.29) is 35.5 Å². The molecule has 9 heavy (non-hydrogen) atoms. The van der Waals surface area contributed by atoms with Crippen LogP contribution in [0.1, 0.15) is 0 Å². The first kappa shape index (κ1) is 16.5. The third kappa shape index (κ3) is 9.01. The Kier molecular flexibility index (Phi) is 13.1. The molecule has 0 bridgehead atoms. The Morgan fingerprint density at radius 1 is 1.56 bits per heavy atom. The van der Waals surface area contributed by atoms with Crippen molar-refractivity contribution < 1.29 is 12.4 Å². The van der Waals surface area contributed by atoms with Gasteiger partial charge in [-0.3, -0.25) is 0 Å². The van der Waals surface area contributed by atoms with Gasteiger partial charge in [-0.2, -0.15) is 6.04 Å². The monoisotopic (exact) mass is 172 g/mol. The topological polar surface area (TPSA) is 0 Å². The van der Waals surface area contributed by atoms with E-state index in [9.17, 15) is 0 Å². The summed E-state index contributed by atoms with van der Waals surface area (Å²) in [6.45, 7) is 12.1. The molecule has 0 aromatic carbocycles. The van der Waals surface area contributed by atoms with E-state index in [1.165, 1.54) is 0 Å². The first-order chi connectivity index (χ1) is 3.12. The molecule has 0 radical (unpaired) electrons. The Morgan fingerprint density at radius 2 is 1.89 bits per heavy atom. The molecule has 0 spiro atoms. The average Bonchev–Trinajstić information content (AvgIpc) is 1.68. The van der Waals surface area contributed by atoms with Gasteiger partial charge in [0.25, 0.3) is 0 Å². The van der Waals surface area contributed by atoms with E-state index >= 15 is 0 Å². The van der Waals surface area contributed by atoms with Gasteiger partial charge in [-0.1, -0.05) is 13.1 Å². The molecule has 0 nitrogen and oxygen atoms in total. The van der Waals surface area contributed by atoms with Crippen LogP contribution in [0, 0.1) is 6.92 Å². The van der Waals surface area contributed by atoms with Gasteiger partial charge in [0.2, 0.25) is 0 Å².